The number of aryl methyl sites for hydroxylation is 1. The summed E-state index contributed by atoms with van der Waals surface area (Å²) < 4.78 is 0.672. The van der Waals surface area contributed by atoms with Gasteiger partial charge in [0.1, 0.15) is 0 Å². The summed E-state index contributed by atoms with van der Waals surface area (Å²) in [6.07, 6.45) is 0.196. The standard InChI is InChI=1S/C8H10N2O2S2/c1-4-6(3-7(9)12)14-8(10-4)13-5(2)11/h3H2,1-2H3,(H2,9,12). The van der Waals surface area contributed by atoms with E-state index in [4.69, 9.17) is 5.73 Å². The molecule has 0 saturated carbocycles. The van der Waals surface area contributed by atoms with Crippen molar-refractivity contribution in [2.24, 2.45) is 5.73 Å². The Morgan fingerprint density at radius 3 is 2.71 bits per heavy atom. The zero-order chi connectivity index (χ0) is 10.7. The predicted molar refractivity (Wildman–Crippen MR) is 56.3 cm³/mol. The minimum atomic E-state index is -0.379. The first kappa shape index (κ1) is 11.2. The van der Waals surface area contributed by atoms with Gasteiger partial charge < -0.3 is 5.73 Å². The van der Waals surface area contributed by atoms with Crippen LogP contribution in [0.4, 0.5) is 0 Å². The first-order valence-corrected chi connectivity index (χ1v) is 5.55. The second-order valence-electron chi connectivity index (χ2n) is 2.73. The van der Waals surface area contributed by atoms with Gasteiger partial charge in [-0.15, -0.1) is 11.3 Å². The summed E-state index contributed by atoms with van der Waals surface area (Å²) in [7, 11) is 0. The van der Waals surface area contributed by atoms with Crippen molar-refractivity contribution >= 4 is 34.1 Å². The van der Waals surface area contributed by atoms with Crippen molar-refractivity contribution in [1.82, 2.24) is 4.98 Å². The molecule has 0 aliphatic heterocycles. The molecule has 1 amide bonds. The number of nitrogens with zero attached hydrogens (tertiary/aromatic N) is 1. The minimum absolute atomic E-state index is 0.00984. The lowest BCUT2D eigenvalue weighted by Gasteiger charge is -1.90. The molecular weight excluding hydrogens is 220 g/mol. The van der Waals surface area contributed by atoms with E-state index in [-0.39, 0.29) is 17.4 Å². The number of carbonyl (C=O) groups is 2. The van der Waals surface area contributed by atoms with E-state index in [2.05, 4.69) is 4.98 Å². The molecule has 1 aromatic rings. The summed E-state index contributed by atoms with van der Waals surface area (Å²) >= 11 is 2.42. The van der Waals surface area contributed by atoms with Gasteiger partial charge in [0.15, 0.2) is 9.45 Å². The third-order valence-corrected chi connectivity index (χ3v) is 3.44. The Morgan fingerprint density at radius 2 is 2.21 bits per heavy atom. The van der Waals surface area contributed by atoms with Gasteiger partial charge in [0, 0.05) is 11.8 Å². The van der Waals surface area contributed by atoms with Gasteiger partial charge in [-0.1, -0.05) is 0 Å². The smallest absolute Gasteiger partial charge is 0.222 e. The second-order valence-corrected chi connectivity index (χ2v) is 5.23. The van der Waals surface area contributed by atoms with Crippen LogP contribution in [-0.2, 0) is 16.0 Å². The van der Waals surface area contributed by atoms with Crippen molar-refractivity contribution in [1.29, 1.82) is 0 Å². The molecule has 1 aromatic heterocycles. The van der Waals surface area contributed by atoms with Gasteiger partial charge in [-0.25, -0.2) is 4.98 Å². The van der Waals surface area contributed by atoms with Gasteiger partial charge in [0.05, 0.1) is 12.1 Å². The van der Waals surface area contributed by atoms with Crippen LogP contribution in [0.1, 0.15) is 17.5 Å². The fourth-order valence-electron chi connectivity index (χ4n) is 0.890. The SMILES string of the molecule is CC(=O)Sc1nc(C)c(CC(N)=O)s1. The molecule has 0 bridgehead atoms. The molecule has 0 fully saturated rings. The van der Waals surface area contributed by atoms with Gasteiger partial charge in [-0.3, -0.25) is 9.59 Å². The van der Waals surface area contributed by atoms with E-state index < -0.39 is 0 Å². The highest BCUT2D eigenvalue weighted by Crippen LogP contribution is 2.27. The monoisotopic (exact) mass is 230 g/mol. The first-order chi connectivity index (χ1) is 6.49. The predicted octanol–water partition coefficient (Wildman–Crippen LogP) is 1.12. The van der Waals surface area contributed by atoms with Crippen LogP contribution in [0.25, 0.3) is 0 Å². The fourth-order valence-corrected chi connectivity index (χ4v) is 2.94. The highest BCUT2D eigenvalue weighted by atomic mass is 32.2. The number of amides is 1. The Morgan fingerprint density at radius 1 is 1.57 bits per heavy atom. The van der Waals surface area contributed by atoms with Crippen LogP contribution < -0.4 is 5.73 Å². The summed E-state index contributed by atoms with van der Waals surface area (Å²) in [5.74, 6) is -0.379. The summed E-state index contributed by atoms with van der Waals surface area (Å²) in [5, 5.41) is -0.00984. The third kappa shape index (κ3) is 3.12. The fraction of sp³-hybridized carbons (Fsp3) is 0.375. The summed E-state index contributed by atoms with van der Waals surface area (Å²) in [5.41, 5.74) is 5.85. The topological polar surface area (TPSA) is 73.1 Å². The minimum Gasteiger partial charge on any atom is -0.369 e. The molecule has 1 rings (SSSR count). The lowest BCUT2D eigenvalue weighted by molar-refractivity contribution is -0.117. The van der Waals surface area contributed by atoms with E-state index in [1.807, 2.05) is 0 Å². The lowest BCUT2D eigenvalue weighted by atomic mass is 10.3. The molecule has 4 nitrogen and oxygen atoms in total. The summed E-state index contributed by atoms with van der Waals surface area (Å²) in [4.78, 5) is 26.5. The Kier molecular flexibility index (Phi) is 3.65. The number of thiazole rings is 1. The number of aromatic nitrogens is 1. The van der Waals surface area contributed by atoms with Gasteiger partial charge in [0.25, 0.3) is 0 Å². The molecular formula is C8H10N2O2S2. The molecule has 0 atom stereocenters. The van der Waals surface area contributed by atoms with Crippen molar-refractivity contribution in [3.63, 3.8) is 0 Å². The van der Waals surface area contributed by atoms with Crippen molar-refractivity contribution in [3.8, 4) is 0 Å². The van der Waals surface area contributed by atoms with E-state index in [0.29, 0.717) is 4.34 Å². The molecule has 14 heavy (non-hydrogen) atoms. The van der Waals surface area contributed by atoms with Gasteiger partial charge >= 0.3 is 0 Å². The maximum atomic E-state index is 10.8. The van der Waals surface area contributed by atoms with Crippen LogP contribution in [0.3, 0.4) is 0 Å². The molecule has 1 heterocycles. The highest BCUT2D eigenvalue weighted by Gasteiger charge is 2.11. The quantitative estimate of drug-likeness (QED) is 0.790. The molecule has 76 valence electrons. The molecule has 6 heteroatoms. The Labute approximate surface area is 89.9 Å². The summed E-state index contributed by atoms with van der Waals surface area (Å²) in [6.45, 7) is 3.29. The van der Waals surface area contributed by atoms with Gasteiger partial charge in [0.2, 0.25) is 5.91 Å². The molecule has 0 radical (unpaired) electrons. The van der Waals surface area contributed by atoms with E-state index in [0.717, 1.165) is 22.3 Å². The Bertz CT molecular complexity index is 373. The molecule has 2 N–H and O–H groups in total. The van der Waals surface area contributed by atoms with Crippen molar-refractivity contribution in [2.45, 2.75) is 24.6 Å². The average Bonchev–Trinajstić information content (AvgIpc) is 2.28. The van der Waals surface area contributed by atoms with Gasteiger partial charge in [-0.2, -0.15) is 0 Å². The molecule has 0 aromatic carbocycles. The number of carbonyl (C=O) groups excluding carboxylic acids is 2. The normalized spacial score (nSPS) is 10.1. The number of nitrogens with two attached hydrogens (primary N) is 1. The van der Waals surface area contributed by atoms with Crippen molar-refractivity contribution in [3.05, 3.63) is 10.6 Å². The van der Waals surface area contributed by atoms with Crippen LogP contribution in [0.15, 0.2) is 4.34 Å². The molecule has 0 aliphatic rings. The first-order valence-electron chi connectivity index (χ1n) is 3.92. The highest BCUT2D eigenvalue weighted by molar-refractivity contribution is 8.14. The number of rotatable bonds is 3. The van der Waals surface area contributed by atoms with Crippen LogP contribution in [-0.4, -0.2) is 16.0 Å². The van der Waals surface area contributed by atoms with Gasteiger partial charge in [-0.05, 0) is 18.7 Å². The number of hydrogen-bond donors (Lipinski definition) is 1. The maximum absolute atomic E-state index is 10.8. The van der Waals surface area contributed by atoms with Crippen molar-refractivity contribution in [2.75, 3.05) is 0 Å². The number of primary amides is 1. The Balaban J connectivity index is 2.81. The van der Waals surface area contributed by atoms with Crippen LogP contribution in [0.5, 0.6) is 0 Å². The zero-order valence-corrected chi connectivity index (χ0v) is 9.50. The number of hydrogen-bond acceptors (Lipinski definition) is 5. The molecule has 0 saturated heterocycles. The lowest BCUT2D eigenvalue weighted by Crippen LogP contribution is -2.13. The molecule has 0 unspecified atom stereocenters. The van der Waals surface area contributed by atoms with E-state index in [1.54, 1.807) is 6.92 Å². The van der Waals surface area contributed by atoms with Crippen LogP contribution in [0, 0.1) is 6.92 Å². The Hall–Kier alpha value is -0.880. The molecule has 0 aliphatic carbocycles. The number of thioether (sulfide) groups is 1. The maximum Gasteiger partial charge on any atom is 0.222 e. The van der Waals surface area contributed by atoms with Crippen LogP contribution >= 0.6 is 23.1 Å². The zero-order valence-electron chi connectivity index (χ0n) is 7.86. The van der Waals surface area contributed by atoms with E-state index in [9.17, 15) is 9.59 Å². The largest absolute Gasteiger partial charge is 0.369 e. The third-order valence-electron chi connectivity index (χ3n) is 1.44. The second kappa shape index (κ2) is 4.56. The van der Waals surface area contributed by atoms with Crippen LogP contribution in [0.2, 0.25) is 0 Å². The summed E-state index contributed by atoms with van der Waals surface area (Å²) in [6, 6.07) is 0. The van der Waals surface area contributed by atoms with E-state index >= 15 is 0 Å². The molecule has 0 spiro atoms. The van der Waals surface area contributed by atoms with E-state index in [1.165, 1.54) is 18.3 Å². The van der Waals surface area contributed by atoms with Crippen molar-refractivity contribution < 1.29 is 9.59 Å². The average molecular weight is 230 g/mol.